The molecule has 0 saturated carbocycles. The highest BCUT2D eigenvalue weighted by molar-refractivity contribution is 5.95. The number of nitrogens with two attached hydrogens (primary N) is 1. The molecule has 0 unspecified atom stereocenters. The summed E-state index contributed by atoms with van der Waals surface area (Å²) in [5, 5.41) is 0. The fourth-order valence-corrected chi connectivity index (χ4v) is 3.19. The molecule has 2 N–H and O–H groups in total. The minimum atomic E-state index is -0.462. The number of benzene rings is 1. The van der Waals surface area contributed by atoms with E-state index in [1.165, 1.54) is 0 Å². The second kappa shape index (κ2) is 7.31. The van der Waals surface area contributed by atoms with Gasteiger partial charge in [-0.3, -0.25) is 9.59 Å². The zero-order valence-electron chi connectivity index (χ0n) is 14.7. The molecule has 2 aliphatic heterocycles. The molecule has 1 aromatic carbocycles. The molecule has 0 aliphatic carbocycles. The highest BCUT2D eigenvalue weighted by Crippen LogP contribution is 2.32. The van der Waals surface area contributed by atoms with Gasteiger partial charge in [0.1, 0.15) is 0 Å². The second-order valence-electron chi connectivity index (χ2n) is 6.92. The van der Waals surface area contributed by atoms with Gasteiger partial charge in [-0.25, -0.2) is 0 Å². The molecule has 1 saturated heterocycles. The molecule has 3 rings (SSSR count). The molecule has 7 nitrogen and oxygen atoms in total. The van der Waals surface area contributed by atoms with Gasteiger partial charge < -0.3 is 25.0 Å². The summed E-state index contributed by atoms with van der Waals surface area (Å²) >= 11 is 0. The van der Waals surface area contributed by atoms with Crippen LogP contribution in [0, 0.1) is 5.92 Å². The van der Waals surface area contributed by atoms with E-state index < -0.39 is 6.04 Å². The number of ether oxygens (including phenoxy) is 2. The maximum atomic E-state index is 12.7. The monoisotopic (exact) mass is 347 g/mol. The molecule has 1 aromatic rings. The number of carbonyl (C=O) groups is 2. The van der Waals surface area contributed by atoms with E-state index >= 15 is 0 Å². The highest BCUT2D eigenvalue weighted by Gasteiger charge is 2.28. The predicted octanol–water partition coefficient (Wildman–Crippen LogP) is 1.07. The maximum absolute atomic E-state index is 12.7. The first-order valence-electron chi connectivity index (χ1n) is 8.69. The average molecular weight is 347 g/mol. The molecule has 136 valence electrons. The largest absolute Gasteiger partial charge is 0.454 e. The van der Waals surface area contributed by atoms with Crippen LogP contribution < -0.4 is 15.2 Å². The number of carbonyl (C=O) groups excluding carboxylic acids is 2. The number of fused-ring (bicyclic) bond motifs is 1. The smallest absolute Gasteiger partial charge is 0.254 e. The van der Waals surface area contributed by atoms with E-state index in [-0.39, 0.29) is 18.6 Å². The zero-order chi connectivity index (χ0) is 18.0. The number of hydrogen-bond acceptors (Lipinski definition) is 5. The van der Waals surface area contributed by atoms with Crippen LogP contribution in [-0.4, -0.2) is 60.6 Å². The molecule has 2 amide bonds. The molecule has 2 aliphatic rings. The van der Waals surface area contributed by atoms with Crippen LogP contribution >= 0.6 is 0 Å². The number of rotatable bonds is 4. The van der Waals surface area contributed by atoms with Gasteiger partial charge in [0.15, 0.2) is 11.5 Å². The Morgan fingerprint density at radius 3 is 2.40 bits per heavy atom. The van der Waals surface area contributed by atoms with Crippen molar-refractivity contribution >= 4 is 11.8 Å². The summed E-state index contributed by atoms with van der Waals surface area (Å²) in [6.07, 6.45) is 0.676. The van der Waals surface area contributed by atoms with E-state index in [1.807, 2.05) is 0 Å². The lowest BCUT2D eigenvalue weighted by Crippen LogP contribution is -2.54. The van der Waals surface area contributed by atoms with Gasteiger partial charge in [0.2, 0.25) is 12.7 Å². The van der Waals surface area contributed by atoms with Gasteiger partial charge >= 0.3 is 0 Å². The minimum absolute atomic E-state index is 0.0242. The third-order valence-corrected chi connectivity index (χ3v) is 4.54. The number of hydrogen-bond donors (Lipinski definition) is 1. The van der Waals surface area contributed by atoms with E-state index in [1.54, 1.807) is 28.0 Å². The van der Waals surface area contributed by atoms with Gasteiger partial charge in [-0.15, -0.1) is 0 Å². The summed E-state index contributed by atoms with van der Waals surface area (Å²) in [7, 11) is 0. The summed E-state index contributed by atoms with van der Waals surface area (Å²) in [4.78, 5) is 28.6. The lowest BCUT2D eigenvalue weighted by atomic mass is 10.0. The molecule has 2 heterocycles. The Morgan fingerprint density at radius 2 is 1.72 bits per heavy atom. The van der Waals surface area contributed by atoms with E-state index in [4.69, 9.17) is 15.2 Å². The van der Waals surface area contributed by atoms with Gasteiger partial charge in [-0.1, -0.05) is 13.8 Å². The topological polar surface area (TPSA) is 85.1 Å². The van der Waals surface area contributed by atoms with Crippen LogP contribution in [0.5, 0.6) is 11.5 Å². The second-order valence-corrected chi connectivity index (χ2v) is 6.92. The quantitative estimate of drug-likeness (QED) is 0.881. The number of nitrogens with zero attached hydrogens (tertiary/aromatic N) is 2. The van der Waals surface area contributed by atoms with Gasteiger partial charge in [-0.05, 0) is 30.5 Å². The third-order valence-electron chi connectivity index (χ3n) is 4.54. The Morgan fingerprint density at radius 1 is 1.08 bits per heavy atom. The normalized spacial score (nSPS) is 17.8. The van der Waals surface area contributed by atoms with E-state index in [0.29, 0.717) is 55.6 Å². The van der Waals surface area contributed by atoms with Crippen molar-refractivity contribution in [2.45, 2.75) is 26.3 Å². The fraction of sp³-hybridized carbons (Fsp3) is 0.556. The molecule has 25 heavy (non-hydrogen) atoms. The summed E-state index contributed by atoms with van der Waals surface area (Å²) < 4.78 is 10.6. The molecule has 1 atom stereocenters. The molecule has 7 heteroatoms. The minimum Gasteiger partial charge on any atom is -0.454 e. The van der Waals surface area contributed by atoms with E-state index in [0.717, 1.165) is 0 Å². The van der Waals surface area contributed by atoms with Gasteiger partial charge in [-0.2, -0.15) is 0 Å². The average Bonchev–Trinajstić information content (AvgIpc) is 3.07. The first-order valence-corrected chi connectivity index (χ1v) is 8.69. The first kappa shape index (κ1) is 17.5. The molecular formula is C18H25N3O4. The molecule has 0 radical (unpaired) electrons. The Bertz CT molecular complexity index is 654. The van der Waals surface area contributed by atoms with E-state index in [2.05, 4.69) is 13.8 Å². The Hall–Kier alpha value is -2.28. The Balaban J connectivity index is 1.57. The number of amides is 2. The van der Waals surface area contributed by atoms with Crippen LogP contribution in [0.25, 0.3) is 0 Å². The standard InChI is InChI=1S/C18H25N3O4/c1-12(2)9-14(19)18(23)21-7-5-20(6-8-21)17(22)13-3-4-15-16(10-13)25-11-24-15/h3-4,10,12,14H,5-9,11,19H2,1-2H3/t14-/m0/s1. The van der Waals surface area contributed by atoms with Crippen LogP contribution in [-0.2, 0) is 4.79 Å². The van der Waals surface area contributed by atoms with Crippen molar-refractivity contribution in [1.29, 1.82) is 0 Å². The Labute approximate surface area is 147 Å². The summed E-state index contributed by atoms with van der Waals surface area (Å²) in [5.74, 6) is 1.55. The van der Waals surface area contributed by atoms with Crippen molar-refractivity contribution in [2.24, 2.45) is 11.7 Å². The number of piperazine rings is 1. The Kier molecular flexibility index (Phi) is 5.13. The van der Waals surface area contributed by atoms with Crippen molar-refractivity contribution in [3.63, 3.8) is 0 Å². The third kappa shape index (κ3) is 3.87. The molecule has 0 spiro atoms. The molecule has 1 fully saturated rings. The lowest BCUT2D eigenvalue weighted by molar-refractivity contribution is -0.134. The SMILES string of the molecule is CC(C)C[C@H](N)C(=O)N1CCN(C(=O)c2ccc3c(c2)OCO3)CC1. The van der Waals surface area contributed by atoms with E-state index in [9.17, 15) is 9.59 Å². The van der Waals surface area contributed by atoms with Crippen molar-refractivity contribution in [2.75, 3.05) is 33.0 Å². The van der Waals surface area contributed by atoms with Gasteiger partial charge in [0.05, 0.1) is 6.04 Å². The summed E-state index contributed by atoms with van der Waals surface area (Å²) in [5.41, 5.74) is 6.56. The van der Waals surface area contributed by atoms with Crippen LogP contribution in [0.3, 0.4) is 0 Å². The maximum Gasteiger partial charge on any atom is 0.254 e. The van der Waals surface area contributed by atoms with Gasteiger partial charge in [0.25, 0.3) is 5.91 Å². The van der Waals surface area contributed by atoms with Crippen molar-refractivity contribution < 1.29 is 19.1 Å². The summed E-state index contributed by atoms with van der Waals surface area (Å²) in [6, 6.07) is 4.74. The molecule has 0 bridgehead atoms. The van der Waals surface area contributed by atoms with Crippen molar-refractivity contribution in [3.05, 3.63) is 23.8 Å². The van der Waals surface area contributed by atoms with Crippen molar-refractivity contribution in [3.8, 4) is 11.5 Å². The first-order chi connectivity index (χ1) is 12.0. The van der Waals surface area contributed by atoms with Crippen LogP contribution in [0.4, 0.5) is 0 Å². The molecular weight excluding hydrogens is 322 g/mol. The zero-order valence-corrected chi connectivity index (χ0v) is 14.7. The molecule has 0 aromatic heterocycles. The summed E-state index contributed by atoms with van der Waals surface area (Å²) in [6.45, 7) is 6.33. The van der Waals surface area contributed by atoms with Gasteiger partial charge in [0, 0.05) is 31.7 Å². The van der Waals surface area contributed by atoms with Crippen LogP contribution in [0.2, 0.25) is 0 Å². The fourth-order valence-electron chi connectivity index (χ4n) is 3.19. The van der Waals surface area contributed by atoms with Crippen molar-refractivity contribution in [1.82, 2.24) is 9.80 Å². The van der Waals surface area contributed by atoms with Crippen LogP contribution in [0.1, 0.15) is 30.6 Å². The lowest BCUT2D eigenvalue weighted by Gasteiger charge is -2.36. The van der Waals surface area contributed by atoms with Crippen LogP contribution in [0.15, 0.2) is 18.2 Å². The predicted molar refractivity (Wildman–Crippen MR) is 92.5 cm³/mol. The highest BCUT2D eigenvalue weighted by atomic mass is 16.7.